The molecular weight excluding hydrogens is 426 g/mol. The largest absolute Gasteiger partial charge is 0.393 e. The molecule has 10 atom stereocenters. The Hall–Kier alpha value is -1.82. The first kappa shape index (κ1) is 23.8. The number of nitrogens with zero attached hydrogens (tertiary/aromatic N) is 1. The Kier molecular flexibility index (Phi) is 6.90. The highest BCUT2D eigenvalue weighted by Crippen LogP contribution is 2.44. The van der Waals surface area contributed by atoms with E-state index in [-0.39, 0.29) is 5.56 Å². The first-order valence-corrected chi connectivity index (χ1v) is 9.15. The molecule has 8 N–H and O–H groups in total. The number of benzene rings is 1. The number of aliphatic hydroxyl groups excluding tert-OH is 8. The molecule has 2 heterocycles. The molecule has 0 saturated carbocycles. The molecule has 174 valence electrons. The Labute approximate surface area is 174 Å². The maximum Gasteiger partial charge on any atom is 0.275 e. The van der Waals surface area contributed by atoms with Crippen LogP contribution in [0.2, 0.25) is 0 Å². The summed E-state index contributed by atoms with van der Waals surface area (Å²) in [5.74, 6) is 0. The molecule has 14 heteroatoms. The quantitative estimate of drug-likeness (QED) is 0.158. The van der Waals surface area contributed by atoms with Gasteiger partial charge in [0, 0.05) is 6.07 Å². The van der Waals surface area contributed by atoms with Crippen molar-refractivity contribution in [2.45, 2.75) is 61.1 Å². The number of hydrogen-bond donors (Lipinski definition) is 8. The van der Waals surface area contributed by atoms with Crippen LogP contribution in [0.1, 0.15) is 5.56 Å². The van der Waals surface area contributed by atoms with Crippen LogP contribution < -0.4 is 0 Å². The Bertz CT molecular complexity index is 795. The summed E-state index contributed by atoms with van der Waals surface area (Å²) in [5.41, 5.74) is -3.28. The molecule has 2 fully saturated rings. The summed E-state index contributed by atoms with van der Waals surface area (Å²) < 4.78 is 15.6. The van der Waals surface area contributed by atoms with Crippen LogP contribution in [0.3, 0.4) is 0 Å². The van der Waals surface area contributed by atoms with Crippen LogP contribution >= 0.6 is 0 Å². The van der Waals surface area contributed by atoms with Gasteiger partial charge in [-0.1, -0.05) is 12.1 Å². The molecule has 0 radical (unpaired) electrons. The van der Waals surface area contributed by atoms with Gasteiger partial charge in [-0.15, -0.1) is 0 Å². The minimum absolute atomic E-state index is 0.344. The van der Waals surface area contributed by atoms with Crippen molar-refractivity contribution in [1.82, 2.24) is 0 Å². The standard InChI is InChI=1S/C17H23NO13/c19-5-17(6-3-1-2-4-7(6)18(27)28)13(9(21)11(23)15(26)31-17)29-16-12(24)8(20)10(22)14(25)30-16/h1-4,8-16,19-26H,5H2/t8-,9-,10-,11+,12+,13-,14-,15+,16+,17-/m0/s1. The van der Waals surface area contributed by atoms with Gasteiger partial charge in [-0.05, 0) is 6.07 Å². The van der Waals surface area contributed by atoms with E-state index in [9.17, 15) is 51.0 Å². The maximum absolute atomic E-state index is 11.5. The second kappa shape index (κ2) is 8.97. The summed E-state index contributed by atoms with van der Waals surface area (Å²) in [6.45, 7) is -1.11. The van der Waals surface area contributed by atoms with E-state index >= 15 is 0 Å². The molecule has 0 amide bonds. The SMILES string of the molecule is O=[N+]([O-])c1ccccc1[C@]1(CO)O[C@@H](O)[C@H](O)[C@H](O)[C@@H]1O[C@@H]1O[C@H](O)[C@@H](O)[C@H](O)[C@H]1O. The second-order valence-electron chi connectivity index (χ2n) is 7.23. The summed E-state index contributed by atoms with van der Waals surface area (Å²) in [7, 11) is 0. The van der Waals surface area contributed by atoms with E-state index in [0.717, 1.165) is 12.1 Å². The molecule has 0 unspecified atom stereocenters. The Morgan fingerprint density at radius 3 is 2.16 bits per heavy atom. The monoisotopic (exact) mass is 449 g/mol. The normalized spacial score (nSPS) is 43.5. The van der Waals surface area contributed by atoms with Crippen molar-refractivity contribution in [3.05, 3.63) is 39.9 Å². The average molecular weight is 449 g/mol. The number of ether oxygens (including phenoxy) is 3. The molecule has 0 aromatic heterocycles. The molecule has 2 aliphatic heterocycles. The zero-order chi connectivity index (χ0) is 23.1. The van der Waals surface area contributed by atoms with Gasteiger partial charge in [-0.25, -0.2) is 0 Å². The van der Waals surface area contributed by atoms with Gasteiger partial charge in [-0.3, -0.25) is 10.1 Å². The van der Waals surface area contributed by atoms with E-state index < -0.39 is 78.3 Å². The third-order valence-corrected chi connectivity index (χ3v) is 5.36. The van der Waals surface area contributed by atoms with E-state index in [1.807, 2.05) is 0 Å². The zero-order valence-corrected chi connectivity index (χ0v) is 15.8. The summed E-state index contributed by atoms with van der Waals surface area (Å²) in [4.78, 5) is 10.7. The fraction of sp³-hybridized carbons (Fsp3) is 0.647. The van der Waals surface area contributed by atoms with Crippen LogP contribution in [0.25, 0.3) is 0 Å². The number of nitro benzene ring substituents is 1. The van der Waals surface area contributed by atoms with Gasteiger partial charge in [0.25, 0.3) is 5.69 Å². The van der Waals surface area contributed by atoms with Gasteiger partial charge in [0.1, 0.15) is 36.6 Å². The van der Waals surface area contributed by atoms with Crippen molar-refractivity contribution < 1.29 is 60.0 Å². The molecule has 1 aromatic carbocycles. The molecule has 2 aliphatic rings. The number of para-hydroxylation sites is 1. The molecule has 31 heavy (non-hydrogen) atoms. The fourth-order valence-corrected chi connectivity index (χ4v) is 3.67. The van der Waals surface area contributed by atoms with Crippen molar-refractivity contribution >= 4 is 5.69 Å². The lowest BCUT2D eigenvalue weighted by molar-refractivity contribution is -0.404. The molecule has 0 spiro atoms. The third-order valence-electron chi connectivity index (χ3n) is 5.36. The van der Waals surface area contributed by atoms with Gasteiger partial charge in [0.15, 0.2) is 24.5 Å². The summed E-state index contributed by atoms with van der Waals surface area (Å²) >= 11 is 0. The van der Waals surface area contributed by atoms with Gasteiger partial charge < -0.3 is 55.1 Å². The van der Waals surface area contributed by atoms with Crippen LogP contribution in [-0.4, -0.2) is 108 Å². The molecule has 2 saturated heterocycles. The van der Waals surface area contributed by atoms with Crippen molar-refractivity contribution in [1.29, 1.82) is 0 Å². The van der Waals surface area contributed by atoms with Crippen LogP contribution in [0.5, 0.6) is 0 Å². The number of aliphatic hydroxyl groups is 8. The topological polar surface area (TPSA) is 233 Å². The van der Waals surface area contributed by atoms with E-state index in [1.54, 1.807) is 0 Å². The van der Waals surface area contributed by atoms with Gasteiger partial charge >= 0.3 is 0 Å². The van der Waals surface area contributed by atoms with Crippen molar-refractivity contribution in [3.8, 4) is 0 Å². The minimum atomic E-state index is -2.35. The number of rotatable bonds is 5. The van der Waals surface area contributed by atoms with E-state index in [1.165, 1.54) is 12.1 Å². The van der Waals surface area contributed by atoms with Gasteiger partial charge in [0.05, 0.1) is 17.1 Å². The highest BCUT2D eigenvalue weighted by molar-refractivity contribution is 5.45. The summed E-state index contributed by atoms with van der Waals surface area (Å²) in [6.07, 6.45) is -17.8. The fourth-order valence-electron chi connectivity index (χ4n) is 3.67. The lowest BCUT2D eigenvalue weighted by atomic mass is 9.80. The summed E-state index contributed by atoms with van der Waals surface area (Å²) in [5, 5.41) is 91.6. The average Bonchev–Trinajstić information content (AvgIpc) is 2.75. The number of nitro groups is 1. The van der Waals surface area contributed by atoms with Crippen molar-refractivity contribution in [2.24, 2.45) is 0 Å². The lowest BCUT2D eigenvalue weighted by Gasteiger charge is -2.50. The molecule has 3 rings (SSSR count). The number of hydrogen-bond acceptors (Lipinski definition) is 13. The molecule has 1 aromatic rings. The van der Waals surface area contributed by atoms with Crippen LogP contribution in [0.15, 0.2) is 24.3 Å². The molecule has 0 aliphatic carbocycles. The highest BCUT2D eigenvalue weighted by atomic mass is 16.8. The molecular formula is C17H23NO13. The maximum atomic E-state index is 11.5. The van der Waals surface area contributed by atoms with E-state index in [2.05, 4.69) is 0 Å². The van der Waals surface area contributed by atoms with Crippen LogP contribution in [0, 0.1) is 10.1 Å². The Morgan fingerprint density at radius 2 is 1.55 bits per heavy atom. The van der Waals surface area contributed by atoms with Crippen molar-refractivity contribution in [3.63, 3.8) is 0 Å². The zero-order valence-electron chi connectivity index (χ0n) is 15.8. The highest BCUT2D eigenvalue weighted by Gasteiger charge is 2.59. The third kappa shape index (κ3) is 4.04. The second-order valence-corrected chi connectivity index (χ2v) is 7.23. The molecule has 0 bridgehead atoms. The predicted octanol–water partition coefficient (Wildman–Crippen LogP) is -4.00. The van der Waals surface area contributed by atoms with E-state index in [0.29, 0.717) is 0 Å². The Morgan fingerprint density at radius 1 is 0.935 bits per heavy atom. The summed E-state index contributed by atoms with van der Waals surface area (Å²) in [6, 6.07) is 4.88. The first-order chi connectivity index (χ1) is 14.5. The van der Waals surface area contributed by atoms with Crippen LogP contribution in [0.4, 0.5) is 5.69 Å². The van der Waals surface area contributed by atoms with Crippen molar-refractivity contribution in [2.75, 3.05) is 6.61 Å². The van der Waals surface area contributed by atoms with Gasteiger partial charge in [-0.2, -0.15) is 0 Å². The first-order valence-electron chi connectivity index (χ1n) is 9.15. The minimum Gasteiger partial charge on any atom is -0.393 e. The Balaban J connectivity index is 2.07. The molecule has 14 nitrogen and oxygen atoms in total. The van der Waals surface area contributed by atoms with E-state index in [4.69, 9.17) is 14.2 Å². The van der Waals surface area contributed by atoms with Gasteiger partial charge in [0.2, 0.25) is 0 Å². The predicted molar refractivity (Wildman–Crippen MR) is 94.7 cm³/mol. The smallest absolute Gasteiger partial charge is 0.275 e. The van der Waals surface area contributed by atoms with Crippen LogP contribution in [-0.2, 0) is 19.8 Å². The lowest BCUT2D eigenvalue weighted by Crippen LogP contribution is -2.67.